The SMILES string of the molecule is OC1(COc2ccc(Cl)cc2)CSC2=NCCN21. The van der Waals surface area contributed by atoms with Gasteiger partial charge in [-0.05, 0) is 24.3 Å². The molecule has 96 valence electrons. The summed E-state index contributed by atoms with van der Waals surface area (Å²) < 4.78 is 5.64. The van der Waals surface area contributed by atoms with Crippen LogP contribution >= 0.6 is 23.4 Å². The highest BCUT2D eigenvalue weighted by molar-refractivity contribution is 8.14. The Morgan fingerprint density at radius 3 is 3.00 bits per heavy atom. The third-order valence-electron chi connectivity index (χ3n) is 3.02. The molecule has 0 aromatic heterocycles. The number of benzene rings is 1. The first-order valence-corrected chi connectivity index (χ1v) is 7.09. The van der Waals surface area contributed by atoms with E-state index in [1.165, 1.54) is 0 Å². The zero-order valence-corrected chi connectivity index (χ0v) is 11.2. The van der Waals surface area contributed by atoms with E-state index in [1.54, 1.807) is 36.0 Å². The molecule has 2 aliphatic heterocycles. The van der Waals surface area contributed by atoms with Gasteiger partial charge >= 0.3 is 0 Å². The first kappa shape index (κ1) is 12.1. The molecule has 4 nitrogen and oxygen atoms in total. The number of rotatable bonds is 3. The molecular weight excluding hydrogens is 272 g/mol. The number of thioether (sulfide) groups is 1. The number of aliphatic imine (C=N–C) groups is 1. The maximum atomic E-state index is 10.6. The lowest BCUT2D eigenvalue weighted by Gasteiger charge is -2.31. The fraction of sp³-hybridized carbons (Fsp3) is 0.417. The third-order valence-corrected chi connectivity index (χ3v) is 4.49. The van der Waals surface area contributed by atoms with E-state index in [9.17, 15) is 5.11 Å². The number of halogens is 1. The van der Waals surface area contributed by atoms with E-state index in [0.717, 1.165) is 18.3 Å². The highest BCUT2D eigenvalue weighted by atomic mass is 35.5. The molecule has 1 atom stereocenters. The summed E-state index contributed by atoms with van der Waals surface area (Å²) in [5.41, 5.74) is -0.945. The van der Waals surface area contributed by atoms with Gasteiger partial charge in [0, 0.05) is 11.6 Å². The maximum Gasteiger partial charge on any atom is 0.184 e. The zero-order chi connectivity index (χ0) is 12.6. The van der Waals surface area contributed by atoms with Crippen LogP contribution in [-0.2, 0) is 0 Å². The van der Waals surface area contributed by atoms with Gasteiger partial charge in [0.15, 0.2) is 10.9 Å². The first-order chi connectivity index (χ1) is 8.67. The maximum absolute atomic E-state index is 10.6. The van der Waals surface area contributed by atoms with E-state index in [1.807, 2.05) is 4.90 Å². The molecule has 2 aliphatic rings. The van der Waals surface area contributed by atoms with Crippen LogP contribution in [0.2, 0.25) is 5.02 Å². The Hall–Kier alpha value is -0.910. The van der Waals surface area contributed by atoms with Crippen LogP contribution in [0.4, 0.5) is 0 Å². The summed E-state index contributed by atoms with van der Waals surface area (Å²) in [6, 6.07) is 7.14. The lowest BCUT2D eigenvalue weighted by atomic mass is 10.2. The number of nitrogens with zero attached hydrogens (tertiary/aromatic N) is 2. The van der Waals surface area contributed by atoms with Crippen molar-refractivity contribution in [3.05, 3.63) is 29.3 Å². The first-order valence-electron chi connectivity index (χ1n) is 5.73. The number of hydrogen-bond donors (Lipinski definition) is 1. The van der Waals surface area contributed by atoms with Crippen molar-refractivity contribution in [2.75, 3.05) is 25.4 Å². The Morgan fingerprint density at radius 1 is 1.44 bits per heavy atom. The molecule has 0 saturated carbocycles. The van der Waals surface area contributed by atoms with Gasteiger partial charge in [0.05, 0.1) is 12.3 Å². The Labute approximate surface area is 115 Å². The van der Waals surface area contributed by atoms with Gasteiger partial charge in [-0.15, -0.1) is 0 Å². The predicted molar refractivity (Wildman–Crippen MR) is 73.4 cm³/mol. The molecule has 1 N–H and O–H groups in total. The van der Waals surface area contributed by atoms with Gasteiger partial charge in [0.25, 0.3) is 0 Å². The van der Waals surface area contributed by atoms with Gasteiger partial charge in [-0.1, -0.05) is 23.4 Å². The monoisotopic (exact) mass is 284 g/mol. The van der Waals surface area contributed by atoms with E-state index < -0.39 is 5.72 Å². The van der Waals surface area contributed by atoms with Crippen molar-refractivity contribution in [1.29, 1.82) is 0 Å². The Kier molecular flexibility index (Phi) is 3.13. The Morgan fingerprint density at radius 2 is 2.22 bits per heavy atom. The van der Waals surface area contributed by atoms with E-state index in [0.29, 0.717) is 16.5 Å². The molecule has 3 rings (SSSR count). The number of fused-ring (bicyclic) bond motifs is 1. The number of hydrogen-bond acceptors (Lipinski definition) is 5. The van der Waals surface area contributed by atoms with Gasteiger partial charge in [0.2, 0.25) is 0 Å². The van der Waals surface area contributed by atoms with Crippen molar-refractivity contribution >= 4 is 28.5 Å². The topological polar surface area (TPSA) is 45.1 Å². The summed E-state index contributed by atoms with van der Waals surface area (Å²) in [7, 11) is 0. The van der Waals surface area contributed by atoms with Crippen LogP contribution in [0.3, 0.4) is 0 Å². The zero-order valence-electron chi connectivity index (χ0n) is 9.67. The predicted octanol–water partition coefficient (Wildman–Crippen LogP) is 1.83. The number of aliphatic hydroxyl groups is 1. The fourth-order valence-electron chi connectivity index (χ4n) is 2.04. The van der Waals surface area contributed by atoms with Crippen molar-refractivity contribution in [3.8, 4) is 5.75 Å². The summed E-state index contributed by atoms with van der Waals surface area (Å²) in [6.45, 7) is 1.76. The molecule has 1 aromatic rings. The molecule has 18 heavy (non-hydrogen) atoms. The molecule has 1 saturated heterocycles. The van der Waals surface area contributed by atoms with E-state index in [4.69, 9.17) is 16.3 Å². The van der Waals surface area contributed by atoms with E-state index in [-0.39, 0.29) is 6.61 Å². The molecule has 0 aliphatic carbocycles. The molecule has 0 amide bonds. The molecule has 0 spiro atoms. The van der Waals surface area contributed by atoms with Crippen LogP contribution in [0.1, 0.15) is 0 Å². The van der Waals surface area contributed by atoms with Crippen molar-refractivity contribution in [1.82, 2.24) is 4.90 Å². The molecule has 2 heterocycles. The largest absolute Gasteiger partial charge is 0.489 e. The van der Waals surface area contributed by atoms with Crippen molar-refractivity contribution in [2.45, 2.75) is 5.72 Å². The summed E-state index contributed by atoms with van der Waals surface area (Å²) in [5, 5.41) is 12.2. The van der Waals surface area contributed by atoms with Crippen LogP contribution < -0.4 is 4.74 Å². The summed E-state index contributed by atoms with van der Waals surface area (Å²) in [5.74, 6) is 1.31. The van der Waals surface area contributed by atoms with Crippen molar-refractivity contribution in [3.63, 3.8) is 0 Å². The van der Waals surface area contributed by atoms with Gasteiger partial charge in [-0.2, -0.15) is 0 Å². The molecule has 1 unspecified atom stereocenters. The lowest BCUT2D eigenvalue weighted by molar-refractivity contribution is -0.0694. The fourth-order valence-corrected chi connectivity index (χ4v) is 3.37. The summed E-state index contributed by atoms with van der Waals surface area (Å²) in [4.78, 5) is 6.26. The highest BCUT2D eigenvalue weighted by Gasteiger charge is 2.45. The standard InChI is InChI=1S/C12H13ClN2O2S/c13-9-1-3-10(4-2-9)17-7-12(16)8-18-11-14-5-6-15(11)12/h1-4,16H,5-8H2. The molecule has 1 fully saturated rings. The van der Waals surface area contributed by atoms with Crippen LogP contribution in [0.15, 0.2) is 29.3 Å². The lowest BCUT2D eigenvalue weighted by Crippen LogP contribution is -2.51. The minimum atomic E-state index is -0.945. The van der Waals surface area contributed by atoms with Crippen LogP contribution in [0.25, 0.3) is 0 Å². The number of amidine groups is 1. The quantitative estimate of drug-likeness (QED) is 0.920. The van der Waals surface area contributed by atoms with Crippen molar-refractivity contribution < 1.29 is 9.84 Å². The Balaban J connectivity index is 1.66. The average Bonchev–Trinajstić information content (AvgIpc) is 2.94. The minimum Gasteiger partial charge on any atom is -0.489 e. The molecular formula is C12H13ClN2O2S. The van der Waals surface area contributed by atoms with Crippen molar-refractivity contribution in [2.24, 2.45) is 4.99 Å². The second-order valence-corrected chi connectivity index (χ2v) is 5.71. The second-order valence-electron chi connectivity index (χ2n) is 4.33. The molecule has 0 bridgehead atoms. The van der Waals surface area contributed by atoms with Gasteiger partial charge in [0.1, 0.15) is 12.4 Å². The number of ether oxygens (including phenoxy) is 1. The van der Waals surface area contributed by atoms with Crippen LogP contribution in [0, 0.1) is 0 Å². The van der Waals surface area contributed by atoms with Crippen LogP contribution in [0.5, 0.6) is 5.75 Å². The summed E-state index contributed by atoms with van der Waals surface area (Å²) in [6.07, 6.45) is 0. The van der Waals surface area contributed by atoms with E-state index in [2.05, 4.69) is 4.99 Å². The smallest absolute Gasteiger partial charge is 0.184 e. The molecule has 6 heteroatoms. The molecule has 1 aromatic carbocycles. The molecule has 0 radical (unpaired) electrons. The highest BCUT2D eigenvalue weighted by Crippen LogP contribution is 2.34. The van der Waals surface area contributed by atoms with Gasteiger partial charge in [-0.3, -0.25) is 4.99 Å². The summed E-state index contributed by atoms with van der Waals surface area (Å²) >= 11 is 7.39. The van der Waals surface area contributed by atoms with Gasteiger partial charge in [-0.25, -0.2) is 0 Å². The Bertz CT molecular complexity index is 479. The second kappa shape index (κ2) is 4.64. The normalized spacial score (nSPS) is 26.1. The average molecular weight is 285 g/mol. The van der Waals surface area contributed by atoms with E-state index >= 15 is 0 Å². The van der Waals surface area contributed by atoms with Gasteiger partial charge < -0.3 is 14.7 Å². The van der Waals surface area contributed by atoms with Crippen LogP contribution in [-0.4, -0.2) is 46.3 Å². The minimum absolute atomic E-state index is 0.237. The third kappa shape index (κ3) is 2.18.